The SMILES string of the molecule is C=CCCC(=O)NC[C@H](OC(=O)[C@@H]1[C@H]2C(=O)N([C@@H](CC)CO)[C@H](C(=O)N(CC=C)c3ccc4ccccc4c3)[C@]23CC[C@H]1O3)c1ccccc1. The van der Waals surface area contributed by atoms with E-state index in [2.05, 4.69) is 18.5 Å². The van der Waals surface area contributed by atoms with E-state index >= 15 is 0 Å². The third-order valence-corrected chi connectivity index (χ3v) is 10.4. The highest BCUT2D eigenvalue weighted by atomic mass is 16.6. The van der Waals surface area contributed by atoms with E-state index in [1.165, 1.54) is 4.90 Å². The highest BCUT2D eigenvalue weighted by Gasteiger charge is 2.75. The first-order chi connectivity index (χ1) is 24.3. The van der Waals surface area contributed by atoms with E-state index in [1.54, 1.807) is 17.1 Å². The fourth-order valence-corrected chi connectivity index (χ4v) is 8.03. The van der Waals surface area contributed by atoms with Gasteiger partial charge in [-0.25, -0.2) is 0 Å². The van der Waals surface area contributed by atoms with Crippen molar-refractivity contribution in [3.63, 3.8) is 0 Å². The van der Waals surface area contributed by atoms with Gasteiger partial charge in [-0.3, -0.25) is 19.2 Å². The van der Waals surface area contributed by atoms with Crippen molar-refractivity contribution < 1.29 is 33.8 Å². The van der Waals surface area contributed by atoms with Crippen LogP contribution in [0.1, 0.15) is 50.7 Å². The van der Waals surface area contributed by atoms with Gasteiger partial charge >= 0.3 is 5.97 Å². The minimum absolute atomic E-state index is 0.0473. The molecule has 3 saturated heterocycles. The Morgan fingerprint density at radius 2 is 1.82 bits per heavy atom. The normalized spacial score (nSPS) is 24.8. The Labute approximate surface area is 292 Å². The number of carbonyl (C=O) groups excluding carboxylic acids is 4. The summed E-state index contributed by atoms with van der Waals surface area (Å²) in [6.07, 6.45) is 3.89. The van der Waals surface area contributed by atoms with Gasteiger partial charge in [0.25, 0.3) is 5.91 Å². The van der Waals surface area contributed by atoms with Gasteiger partial charge < -0.3 is 29.7 Å². The van der Waals surface area contributed by atoms with Crippen molar-refractivity contribution in [3.8, 4) is 0 Å². The number of amides is 3. The zero-order valence-corrected chi connectivity index (χ0v) is 28.4. The zero-order chi connectivity index (χ0) is 35.4. The van der Waals surface area contributed by atoms with Crippen LogP contribution in [0.3, 0.4) is 0 Å². The average Bonchev–Trinajstić information content (AvgIpc) is 3.79. The van der Waals surface area contributed by atoms with Crippen LogP contribution in [-0.4, -0.2) is 77.2 Å². The van der Waals surface area contributed by atoms with Gasteiger partial charge in [-0.1, -0.05) is 79.7 Å². The van der Waals surface area contributed by atoms with Gasteiger partial charge in [0.2, 0.25) is 11.8 Å². The summed E-state index contributed by atoms with van der Waals surface area (Å²) in [6.45, 7) is 9.29. The van der Waals surface area contributed by atoms with Crippen LogP contribution in [0, 0.1) is 11.8 Å². The van der Waals surface area contributed by atoms with E-state index in [9.17, 15) is 24.3 Å². The Morgan fingerprint density at radius 1 is 1.08 bits per heavy atom. The molecule has 10 heteroatoms. The van der Waals surface area contributed by atoms with E-state index in [0.717, 1.165) is 10.8 Å². The molecule has 0 aliphatic carbocycles. The van der Waals surface area contributed by atoms with Gasteiger partial charge in [0, 0.05) is 18.7 Å². The molecule has 3 aromatic rings. The van der Waals surface area contributed by atoms with Crippen LogP contribution >= 0.6 is 0 Å². The van der Waals surface area contributed by atoms with E-state index in [4.69, 9.17) is 9.47 Å². The molecule has 10 nitrogen and oxygen atoms in total. The molecule has 262 valence electrons. The monoisotopic (exact) mass is 679 g/mol. The molecule has 3 amide bonds. The van der Waals surface area contributed by atoms with Crippen LogP contribution in [0.15, 0.2) is 98.1 Å². The molecule has 0 saturated carbocycles. The zero-order valence-electron chi connectivity index (χ0n) is 28.4. The largest absolute Gasteiger partial charge is 0.455 e. The maximum absolute atomic E-state index is 14.9. The summed E-state index contributed by atoms with van der Waals surface area (Å²) in [6, 6.07) is 21.0. The Balaban J connectivity index is 1.33. The van der Waals surface area contributed by atoms with Crippen molar-refractivity contribution in [2.75, 3.05) is 24.6 Å². The molecule has 3 heterocycles. The van der Waals surface area contributed by atoms with E-state index in [-0.39, 0.29) is 37.9 Å². The van der Waals surface area contributed by atoms with Crippen LogP contribution in [0.25, 0.3) is 10.8 Å². The fraction of sp³-hybridized carbons (Fsp3) is 0.400. The van der Waals surface area contributed by atoms with Crippen LogP contribution in [0.5, 0.6) is 0 Å². The number of hydrogen-bond acceptors (Lipinski definition) is 7. The molecular weight excluding hydrogens is 634 g/mol. The molecule has 0 radical (unpaired) electrons. The van der Waals surface area contributed by atoms with Gasteiger partial charge in [0.1, 0.15) is 17.7 Å². The fourth-order valence-electron chi connectivity index (χ4n) is 8.03. The number of ether oxygens (including phenoxy) is 2. The number of rotatable bonds is 15. The molecule has 1 spiro atoms. The number of likely N-dealkylation sites (tertiary alicyclic amines) is 1. The average molecular weight is 680 g/mol. The second-order valence-corrected chi connectivity index (χ2v) is 13.3. The number of benzene rings is 3. The standard InChI is InChI=1S/C40H45N3O7/c1-4-7-17-33(45)41-24-32(27-14-9-8-10-15-27)49-39(48)34-31-20-21-40(50-31)35(34)37(46)43(29(6-3)25-44)36(40)38(47)42(22-5-2)30-19-18-26-13-11-12-16-28(26)23-30/h4-5,8-16,18-19,23,29,31-32,34-36,44H,1-2,6-7,17,20-22,24-25H2,3H3,(H,41,45)/t29-,31+,32-,34-,35-,36+,40-/m0/s1. The summed E-state index contributed by atoms with van der Waals surface area (Å²) in [5, 5.41) is 15.3. The quantitative estimate of drug-likeness (QED) is 0.174. The molecule has 2 bridgehead atoms. The van der Waals surface area contributed by atoms with E-state index < -0.39 is 53.6 Å². The van der Waals surface area contributed by atoms with Crippen molar-refractivity contribution in [1.82, 2.24) is 10.2 Å². The van der Waals surface area contributed by atoms with Crippen molar-refractivity contribution in [1.29, 1.82) is 0 Å². The number of carbonyl (C=O) groups is 4. The Morgan fingerprint density at radius 3 is 2.52 bits per heavy atom. The van der Waals surface area contributed by atoms with Gasteiger partial charge in [0.15, 0.2) is 0 Å². The molecule has 2 N–H and O–H groups in total. The Kier molecular flexibility index (Phi) is 10.5. The van der Waals surface area contributed by atoms with E-state index in [1.807, 2.05) is 79.7 Å². The summed E-state index contributed by atoms with van der Waals surface area (Å²) in [7, 11) is 0. The number of anilines is 1. The number of aliphatic hydroxyl groups is 1. The van der Waals surface area contributed by atoms with Gasteiger partial charge in [-0.15, -0.1) is 13.2 Å². The van der Waals surface area contributed by atoms with Gasteiger partial charge in [-0.2, -0.15) is 0 Å². The third-order valence-electron chi connectivity index (χ3n) is 10.4. The maximum Gasteiger partial charge on any atom is 0.313 e. The molecule has 50 heavy (non-hydrogen) atoms. The number of aliphatic hydroxyl groups excluding tert-OH is 1. The predicted octanol–water partition coefficient (Wildman–Crippen LogP) is 4.87. The molecular formula is C40H45N3O7. The summed E-state index contributed by atoms with van der Waals surface area (Å²) < 4.78 is 12.8. The second kappa shape index (κ2) is 15.0. The van der Waals surface area contributed by atoms with Crippen molar-refractivity contribution >= 4 is 40.2 Å². The first-order valence-corrected chi connectivity index (χ1v) is 17.4. The minimum atomic E-state index is -1.29. The second-order valence-electron chi connectivity index (χ2n) is 13.3. The highest BCUT2D eigenvalue weighted by Crippen LogP contribution is 2.59. The number of hydrogen-bond donors (Lipinski definition) is 2. The summed E-state index contributed by atoms with van der Waals surface area (Å²) >= 11 is 0. The number of allylic oxidation sites excluding steroid dienone is 1. The molecule has 6 rings (SSSR count). The predicted molar refractivity (Wildman–Crippen MR) is 190 cm³/mol. The highest BCUT2D eigenvalue weighted by molar-refractivity contribution is 6.05. The summed E-state index contributed by atoms with van der Waals surface area (Å²) in [4.78, 5) is 59.3. The number of esters is 1. The minimum Gasteiger partial charge on any atom is -0.455 e. The summed E-state index contributed by atoms with van der Waals surface area (Å²) in [5.41, 5.74) is 0.0443. The number of nitrogens with one attached hydrogen (secondary N) is 1. The molecule has 3 aliphatic rings. The van der Waals surface area contributed by atoms with Crippen molar-refractivity contribution in [2.45, 2.75) is 68.9 Å². The molecule has 7 atom stereocenters. The van der Waals surface area contributed by atoms with Gasteiger partial charge in [-0.05, 0) is 54.2 Å². The summed E-state index contributed by atoms with van der Waals surface area (Å²) in [5.74, 6) is -3.53. The lowest BCUT2D eigenvalue weighted by Crippen LogP contribution is -2.59. The van der Waals surface area contributed by atoms with Gasteiger partial charge in [0.05, 0.1) is 37.1 Å². The van der Waals surface area contributed by atoms with Crippen molar-refractivity contribution in [2.24, 2.45) is 11.8 Å². The Hall–Kier alpha value is -4.80. The first-order valence-electron chi connectivity index (χ1n) is 17.4. The number of nitrogens with zero attached hydrogens (tertiary/aromatic N) is 2. The smallest absolute Gasteiger partial charge is 0.313 e. The lowest BCUT2D eigenvalue weighted by molar-refractivity contribution is -0.161. The van der Waals surface area contributed by atoms with Crippen LogP contribution < -0.4 is 10.2 Å². The van der Waals surface area contributed by atoms with Crippen molar-refractivity contribution in [3.05, 3.63) is 104 Å². The molecule has 3 aliphatic heterocycles. The maximum atomic E-state index is 14.9. The number of fused-ring (bicyclic) bond motifs is 2. The third kappa shape index (κ3) is 6.33. The first kappa shape index (κ1) is 35.0. The topological polar surface area (TPSA) is 125 Å². The Bertz CT molecular complexity index is 1760. The lowest BCUT2D eigenvalue weighted by atomic mass is 9.70. The van der Waals surface area contributed by atoms with Crippen LogP contribution in [-0.2, 0) is 28.7 Å². The lowest BCUT2D eigenvalue weighted by Gasteiger charge is -2.39. The van der Waals surface area contributed by atoms with Crippen LogP contribution in [0.2, 0.25) is 0 Å². The van der Waals surface area contributed by atoms with E-state index in [0.29, 0.717) is 36.9 Å². The molecule has 0 unspecified atom stereocenters. The molecule has 3 fully saturated rings. The van der Waals surface area contributed by atoms with Crippen LogP contribution in [0.4, 0.5) is 5.69 Å². The molecule has 0 aromatic heterocycles. The molecule has 3 aromatic carbocycles.